The first-order valence-corrected chi connectivity index (χ1v) is 6.41. The van der Waals surface area contributed by atoms with E-state index in [2.05, 4.69) is 35.8 Å². The number of hydrogen-bond acceptors (Lipinski definition) is 7. The van der Waals surface area contributed by atoms with Crippen LogP contribution >= 0.6 is 0 Å². The number of nitrogens with one attached hydrogen (secondary N) is 1. The molecule has 0 saturated carbocycles. The Morgan fingerprint density at radius 3 is 2.57 bits per heavy atom. The molecule has 110 valence electrons. The zero-order valence-electron chi connectivity index (χ0n) is 12.2. The van der Waals surface area contributed by atoms with Gasteiger partial charge in [0.2, 0.25) is 0 Å². The highest BCUT2D eigenvalue weighted by atomic mass is 16.1. The highest BCUT2D eigenvalue weighted by Gasteiger charge is 2.21. The van der Waals surface area contributed by atoms with Crippen molar-refractivity contribution in [3.05, 3.63) is 22.0 Å². The zero-order chi connectivity index (χ0) is 15.2. The summed E-state index contributed by atoms with van der Waals surface area (Å²) in [5.74, 6) is 1.18. The summed E-state index contributed by atoms with van der Waals surface area (Å²) in [7, 11) is 1.73. The Kier molecular flexibility index (Phi) is 2.81. The van der Waals surface area contributed by atoms with Gasteiger partial charge in [-0.05, 0) is 10.4 Å². The van der Waals surface area contributed by atoms with Gasteiger partial charge in [0.05, 0.1) is 0 Å². The maximum absolute atomic E-state index is 12.1. The third kappa shape index (κ3) is 2.28. The number of rotatable bonds is 2. The average molecular weight is 289 g/mol. The van der Waals surface area contributed by atoms with Crippen molar-refractivity contribution in [3.63, 3.8) is 0 Å². The molecule has 0 aliphatic heterocycles. The second kappa shape index (κ2) is 4.43. The van der Waals surface area contributed by atoms with Crippen LogP contribution in [0.4, 0.5) is 0 Å². The maximum atomic E-state index is 12.1. The van der Waals surface area contributed by atoms with E-state index >= 15 is 0 Å². The molecule has 0 aromatic carbocycles. The first-order valence-electron chi connectivity index (χ1n) is 6.41. The molecule has 0 bridgehead atoms. The van der Waals surface area contributed by atoms with Gasteiger partial charge in [0.1, 0.15) is 12.4 Å². The van der Waals surface area contributed by atoms with Crippen molar-refractivity contribution in [2.24, 2.45) is 7.05 Å². The molecule has 3 rings (SSSR count). The van der Waals surface area contributed by atoms with Crippen molar-refractivity contribution in [1.82, 2.24) is 45.2 Å². The van der Waals surface area contributed by atoms with Gasteiger partial charge >= 0.3 is 0 Å². The van der Waals surface area contributed by atoms with E-state index in [1.165, 1.54) is 9.36 Å². The maximum Gasteiger partial charge on any atom is 0.281 e. The van der Waals surface area contributed by atoms with Crippen LogP contribution in [0.3, 0.4) is 0 Å². The Hall–Kier alpha value is -2.65. The first-order chi connectivity index (χ1) is 9.86. The largest absolute Gasteiger partial charge is 0.308 e. The Morgan fingerprint density at radius 1 is 1.19 bits per heavy atom. The summed E-state index contributed by atoms with van der Waals surface area (Å²) in [5.41, 5.74) is 0.0477. The number of H-pyrrole nitrogens is 1. The van der Waals surface area contributed by atoms with Crippen molar-refractivity contribution in [3.8, 4) is 0 Å². The lowest BCUT2D eigenvalue weighted by atomic mass is 9.96. The Balaban J connectivity index is 2.14. The number of fused-ring (bicyclic) bond motifs is 1. The van der Waals surface area contributed by atoms with Crippen LogP contribution in [0.15, 0.2) is 4.79 Å². The van der Waals surface area contributed by atoms with Gasteiger partial charge in [0, 0.05) is 12.5 Å². The zero-order valence-corrected chi connectivity index (χ0v) is 12.2. The second-order valence-corrected chi connectivity index (χ2v) is 5.80. The molecule has 10 heteroatoms. The molecule has 3 aromatic heterocycles. The summed E-state index contributed by atoms with van der Waals surface area (Å²) in [6, 6.07) is 0. The van der Waals surface area contributed by atoms with Crippen LogP contribution in [0, 0.1) is 0 Å². The fourth-order valence-electron chi connectivity index (χ4n) is 1.84. The van der Waals surface area contributed by atoms with E-state index in [0.717, 1.165) is 0 Å². The quantitative estimate of drug-likeness (QED) is 0.667. The molecular weight excluding hydrogens is 274 g/mol. The molecule has 0 atom stereocenters. The summed E-state index contributed by atoms with van der Waals surface area (Å²) >= 11 is 0. The predicted molar refractivity (Wildman–Crippen MR) is 72.5 cm³/mol. The summed E-state index contributed by atoms with van der Waals surface area (Å²) in [6.07, 6.45) is 0. The number of aryl methyl sites for hydroxylation is 1. The van der Waals surface area contributed by atoms with Gasteiger partial charge in [0.25, 0.3) is 5.56 Å². The second-order valence-electron chi connectivity index (χ2n) is 5.80. The third-order valence-corrected chi connectivity index (χ3v) is 3.08. The van der Waals surface area contributed by atoms with E-state index < -0.39 is 0 Å². The van der Waals surface area contributed by atoms with Crippen LogP contribution in [0.5, 0.6) is 0 Å². The van der Waals surface area contributed by atoms with Gasteiger partial charge in [-0.25, -0.2) is 14.3 Å². The van der Waals surface area contributed by atoms with E-state index in [1.807, 2.05) is 20.8 Å². The molecule has 3 heterocycles. The van der Waals surface area contributed by atoms with E-state index in [-0.39, 0.29) is 16.5 Å². The highest BCUT2D eigenvalue weighted by Crippen LogP contribution is 2.18. The minimum atomic E-state index is -0.299. The smallest absolute Gasteiger partial charge is 0.281 e. The average Bonchev–Trinajstić information content (AvgIpc) is 2.97. The molecule has 0 radical (unpaired) electrons. The van der Waals surface area contributed by atoms with Crippen LogP contribution < -0.4 is 5.56 Å². The van der Waals surface area contributed by atoms with E-state index in [9.17, 15) is 4.79 Å². The van der Waals surface area contributed by atoms with Crippen LogP contribution in [-0.4, -0.2) is 45.2 Å². The van der Waals surface area contributed by atoms with Gasteiger partial charge in [-0.1, -0.05) is 26.0 Å². The minimum Gasteiger partial charge on any atom is -0.308 e. The summed E-state index contributed by atoms with van der Waals surface area (Å²) in [6.45, 7) is 6.20. The molecule has 3 aromatic rings. The lowest BCUT2D eigenvalue weighted by molar-refractivity contribution is 0.542. The number of aromatic amines is 1. The fraction of sp³-hybridized carbons (Fsp3) is 0.545. The topological polar surface area (TPSA) is 120 Å². The number of nitrogens with zero attached hydrogens (tertiary/aromatic N) is 8. The van der Waals surface area contributed by atoms with Gasteiger partial charge in [0.15, 0.2) is 17.0 Å². The normalized spacial score (nSPS) is 12.2. The Labute approximate surface area is 119 Å². The number of tetrazole rings is 1. The van der Waals surface area contributed by atoms with Gasteiger partial charge < -0.3 is 4.98 Å². The minimum absolute atomic E-state index is 0.207. The molecule has 10 nitrogen and oxygen atoms in total. The van der Waals surface area contributed by atoms with Crippen molar-refractivity contribution >= 4 is 11.2 Å². The van der Waals surface area contributed by atoms with E-state index in [4.69, 9.17) is 0 Å². The molecule has 0 aliphatic rings. The van der Waals surface area contributed by atoms with Crippen LogP contribution in [0.1, 0.15) is 32.4 Å². The lowest BCUT2D eigenvalue weighted by Crippen LogP contribution is -2.22. The molecule has 0 amide bonds. The van der Waals surface area contributed by atoms with Gasteiger partial charge in [-0.2, -0.15) is 0 Å². The molecule has 0 saturated heterocycles. The first kappa shape index (κ1) is 13.3. The molecular formula is C11H15N9O. The highest BCUT2D eigenvalue weighted by molar-refractivity contribution is 5.68. The van der Waals surface area contributed by atoms with Crippen molar-refractivity contribution in [2.75, 3.05) is 0 Å². The van der Waals surface area contributed by atoms with Crippen LogP contribution in [0.25, 0.3) is 11.2 Å². The van der Waals surface area contributed by atoms with Crippen LogP contribution in [0.2, 0.25) is 0 Å². The predicted octanol–water partition coefficient (Wildman–Crippen LogP) is -0.616. The SMILES string of the molecule is Cn1nnnc1Cn1nnc2c(=O)[nH]c(C(C)(C)C)nc21. The van der Waals surface area contributed by atoms with Gasteiger partial charge in [-0.3, -0.25) is 4.79 Å². The number of hydrogen-bond donors (Lipinski definition) is 1. The molecule has 0 spiro atoms. The standard InChI is InChI=1S/C11H15N9O/c1-11(2,3)10-12-8-7(9(21)13-10)15-17-20(8)5-6-14-16-18-19(6)4/h5H2,1-4H3,(H,12,13,21). The molecule has 0 aliphatic carbocycles. The lowest BCUT2D eigenvalue weighted by Gasteiger charge is -2.16. The summed E-state index contributed by atoms with van der Waals surface area (Å²) in [4.78, 5) is 19.3. The Bertz CT molecular complexity index is 851. The molecule has 0 fully saturated rings. The fourth-order valence-corrected chi connectivity index (χ4v) is 1.84. The Morgan fingerprint density at radius 2 is 1.95 bits per heavy atom. The number of aromatic nitrogens is 9. The van der Waals surface area contributed by atoms with Crippen molar-refractivity contribution in [2.45, 2.75) is 32.7 Å². The van der Waals surface area contributed by atoms with Crippen molar-refractivity contribution in [1.29, 1.82) is 0 Å². The molecule has 0 unspecified atom stereocenters. The summed E-state index contributed by atoms with van der Waals surface area (Å²) < 4.78 is 3.05. The summed E-state index contributed by atoms with van der Waals surface area (Å²) in [5, 5.41) is 19.1. The van der Waals surface area contributed by atoms with Crippen molar-refractivity contribution < 1.29 is 0 Å². The monoisotopic (exact) mass is 289 g/mol. The van der Waals surface area contributed by atoms with E-state index in [1.54, 1.807) is 7.05 Å². The molecule has 1 N–H and O–H groups in total. The van der Waals surface area contributed by atoms with E-state index in [0.29, 0.717) is 23.8 Å². The molecule has 21 heavy (non-hydrogen) atoms. The van der Waals surface area contributed by atoms with Gasteiger partial charge in [-0.15, -0.1) is 10.2 Å². The van der Waals surface area contributed by atoms with Crippen LogP contribution in [-0.2, 0) is 19.0 Å². The third-order valence-electron chi connectivity index (χ3n) is 3.08.